The third-order valence-electron chi connectivity index (χ3n) is 2.15. The Morgan fingerprint density at radius 3 is 3.36 bits per heavy atom. The zero-order chi connectivity index (χ0) is 9.97. The van der Waals surface area contributed by atoms with Gasteiger partial charge in [0.15, 0.2) is 5.82 Å². The smallest absolute Gasteiger partial charge is 0.322 e. The first kappa shape index (κ1) is 8.80. The summed E-state index contributed by atoms with van der Waals surface area (Å²) in [7, 11) is 1.62. The zero-order valence-electron chi connectivity index (χ0n) is 7.95. The molecule has 0 aliphatic carbocycles. The van der Waals surface area contributed by atoms with E-state index >= 15 is 0 Å². The molecular weight excluding hydrogens is 180 g/mol. The summed E-state index contributed by atoms with van der Waals surface area (Å²) in [6.07, 6.45) is 1.68. The molecule has 14 heavy (non-hydrogen) atoms. The Morgan fingerprint density at radius 1 is 1.71 bits per heavy atom. The highest BCUT2D eigenvalue weighted by Crippen LogP contribution is 2.25. The SMILES string of the molecule is CNC(=O)N1CCNc2cccnc21. The number of rotatable bonds is 0. The number of anilines is 2. The Balaban J connectivity index is 2.35. The molecule has 0 radical (unpaired) electrons. The van der Waals surface area contributed by atoms with E-state index in [-0.39, 0.29) is 6.03 Å². The van der Waals surface area contributed by atoms with Gasteiger partial charge in [-0.25, -0.2) is 9.78 Å². The van der Waals surface area contributed by atoms with Crippen LogP contribution in [0.3, 0.4) is 0 Å². The van der Waals surface area contributed by atoms with Crippen LogP contribution in [0.25, 0.3) is 0 Å². The Kier molecular flexibility index (Phi) is 2.22. The first-order valence-corrected chi connectivity index (χ1v) is 4.51. The topological polar surface area (TPSA) is 57.3 Å². The van der Waals surface area contributed by atoms with Crippen LogP contribution in [0.2, 0.25) is 0 Å². The second-order valence-electron chi connectivity index (χ2n) is 3.01. The third-order valence-corrected chi connectivity index (χ3v) is 2.15. The van der Waals surface area contributed by atoms with Gasteiger partial charge in [-0.2, -0.15) is 0 Å². The molecule has 2 rings (SSSR count). The number of hydrogen-bond donors (Lipinski definition) is 2. The summed E-state index contributed by atoms with van der Waals surface area (Å²) < 4.78 is 0. The molecule has 74 valence electrons. The maximum atomic E-state index is 11.5. The van der Waals surface area contributed by atoms with Crippen molar-refractivity contribution in [2.24, 2.45) is 0 Å². The summed E-state index contributed by atoms with van der Waals surface area (Å²) in [4.78, 5) is 17.3. The minimum atomic E-state index is -0.119. The molecule has 0 bridgehead atoms. The highest BCUT2D eigenvalue weighted by Gasteiger charge is 2.21. The fourth-order valence-electron chi connectivity index (χ4n) is 1.49. The van der Waals surface area contributed by atoms with Crippen LogP contribution in [0.4, 0.5) is 16.3 Å². The fourth-order valence-corrected chi connectivity index (χ4v) is 1.49. The first-order chi connectivity index (χ1) is 6.83. The average molecular weight is 192 g/mol. The normalized spacial score (nSPS) is 14.2. The van der Waals surface area contributed by atoms with Gasteiger partial charge < -0.3 is 10.6 Å². The first-order valence-electron chi connectivity index (χ1n) is 4.51. The number of aromatic nitrogens is 1. The Morgan fingerprint density at radius 2 is 2.57 bits per heavy atom. The van der Waals surface area contributed by atoms with Crippen LogP contribution >= 0.6 is 0 Å². The molecule has 0 spiro atoms. The van der Waals surface area contributed by atoms with E-state index in [1.54, 1.807) is 18.1 Å². The zero-order valence-corrected chi connectivity index (χ0v) is 7.95. The molecule has 1 aliphatic heterocycles. The lowest BCUT2D eigenvalue weighted by atomic mass is 10.3. The Labute approximate surface area is 82.1 Å². The summed E-state index contributed by atoms with van der Waals surface area (Å²) in [6.45, 7) is 1.40. The number of carbonyl (C=O) groups is 1. The maximum Gasteiger partial charge on any atom is 0.322 e. The Hall–Kier alpha value is -1.78. The monoisotopic (exact) mass is 192 g/mol. The average Bonchev–Trinajstić information content (AvgIpc) is 2.27. The van der Waals surface area contributed by atoms with Crippen LogP contribution in [0.15, 0.2) is 18.3 Å². The molecule has 1 aromatic heterocycles. The van der Waals surface area contributed by atoms with E-state index in [1.165, 1.54) is 0 Å². The van der Waals surface area contributed by atoms with Crippen molar-refractivity contribution in [1.29, 1.82) is 0 Å². The molecule has 0 atom stereocenters. The maximum absolute atomic E-state index is 11.5. The van der Waals surface area contributed by atoms with E-state index in [1.807, 2.05) is 12.1 Å². The summed E-state index contributed by atoms with van der Waals surface area (Å²) >= 11 is 0. The van der Waals surface area contributed by atoms with Gasteiger partial charge in [0.25, 0.3) is 0 Å². The lowest BCUT2D eigenvalue weighted by molar-refractivity contribution is 0.248. The van der Waals surface area contributed by atoms with E-state index in [2.05, 4.69) is 15.6 Å². The molecular formula is C9H12N4O. The van der Waals surface area contributed by atoms with Crippen molar-refractivity contribution in [2.75, 3.05) is 30.4 Å². The van der Waals surface area contributed by atoms with Crippen molar-refractivity contribution in [3.05, 3.63) is 18.3 Å². The summed E-state index contributed by atoms with van der Waals surface area (Å²) in [5.74, 6) is 0.693. The molecule has 0 saturated carbocycles. The summed E-state index contributed by atoms with van der Waals surface area (Å²) in [6, 6.07) is 3.64. The largest absolute Gasteiger partial charge is 0.380 e. The molecule has 5 heteroatoms. The predicted octanol–water partition coefficient (Wildman–Crippen LogP) is 0.653. The summed E-state index contributed by atoms with van der Waals surface area (Å²) in [5.41, 5.74) is 0.905. The molecule has 2 N–H and O–H groups in total. The predicted molar refractivity (Wildman–Crippen MR) is 54.5 cm³/mol. The third kappa shape index (κ3) is 1.37. The van der Waals surface area contributed by atoms with E-state index < -0.39 is 0 Å². The molecule has 1 aliphatic rings. The van der Waals surface area contributed by atoms with E-state index in [4.69, 9.17) is 0 Å². The molecule has 0 saturated heterocycles. The van der Waals surface area contributed by atoms with Crippen molar-refractivity contribution in [2.45, 2.75) is 0 Å². The lowest BCUT2D eigenvalue weighted by Gasteiger charge is -2.28. The standard InChI is InChI=1S/C9H12N4O/c1-10-9(14)13-6-5-11-7-3-2-4-12-8(7)13/h2-4,11H,5-6H2,1H3,(H,10,14). The quantitative estimate of drug-likeness (QED) is 0.634. The molecule has 2 heterocycles. The van der Waals surface area contributed by atoms with Crippen molar-refractivity contribution in [3.8, 4) is 0 Å². The molecule has 0 fully saturated rings. The van der Waals surface area contributed by atoms with Gasteiger partial charge in [0.05, 0.1) is 5.69 Å². The highest BCUT2D eigenvalue weighted by molar-refractivity contribution is 5.94. The molecule has 2 amide bonds. The number of urea groups is 1. The van der Waals surface area contributed by atoms with E-state index in [0.717, 1.165) is 12.2 Å². The number of hydrogen-bond acceptors (Lipinski definition) is 3. The van der Waals surface area contributed by atoms with Crippen molar-refractivity contribution in [3.63, 3.8) is 0 Å². The van der Waals surface area contributed by atoms with Gasteiger partial charge in [-0.1, -0.05) is 0 Å². The van der Waals surface area contributed by atoms with Crippen molar-refractivity contribution in [1.82, 2.24) is 10.3 Å². The van der Waals surface area contributed by atoms with Crippen LogP contribution in [0.5, 0.6) is 0 Å². The van der Waals surface area contributed by atoms with Gasteiger partial charge >= 0.3 is 6.03 Å². The second kappa shape index (κ2) is 3.53. The number of amides is 2. The van der Waals surface area contributed by atoms with Crippen LogP contribution in [-0.2, 0) is 0 Å². The van der Waals surface area contributed by atoms with Gasteiger partial charge in [-0.3, -0.25) is 4.90 Å². The van der Waals surface area contributed by atoms with Crippen LogP contribution in [0, 0.1) is 0 Å². The second-order valence-corrected chi connectivity index (χ2v) is 3.01. The van der Waals surface area contributed by atoms with Crippen LogP contribution < -0.4 is 15.5 Å². The minimum absolute atomic E-state index is 0.119. The fraction of sp³-hybridized carbons (Fsp3) is 0.333. The lowest BCUT2D eigenvalue weighted by Crippen LogP contribution is -2.44. The number of nitrogens with one attached hydrogen (secondary N) is 2. The van der Waals surface area contributed by atoms with E-state index in [9.17, 15) is 4.79 Å². The number of fused-ring (bicyclic) bond motifs is 1. The van der Waals surface area contributed by atoms with Crippen LogP contribution in [-0.4, -0.2) is 31.2 Å². The van der Waals surface area contributed by atoms with Crippen LogP contribution in [0.1, 0.15) is 0 Å². The van der Waals surface area contributed by atoms with Gasteiger partial charge in [0.1, 0.15) is 0 Å². The number of pyridine rings is 1. The highest BCUT2D eigenvalue weighted by atomic mass is 16.2. The Bertz CT molecular complexity index is 352. The molecule has 5 nitrogen and oxygen atoms in total. The van der Waals surface area contributed by atoms with Gasteiger partial charge in [-0.05, 0) is 12.1 Å². The minimum Gasteiger partial charge on any atom is -0.380 e. The van der Waals surface area contributed by atoms with E-state index in [0.29, 0.717) is 12.4 Å². The molecule has 1 aromatic rings. The number of nitrogens with zero attached hydrogens (tertiary/aromatic N) is 2. The van der Waals surface area contributed by atoms with Gasteiger partial charge in [0.2, 0.25) is 0 Å². The molecule has 0 unspecified atom stereocenters. The molecule has 0 aromatic carbocycles. The van der Waals surface area contributed by atoms with Gasteiger partial charge in [-0.15, -0.1) is 0 Å². The van der Waals surface area contributed by atoms with Crippen molar-refractivity contribution < 1.29 is 4.79 Å². The van der Waals surface area contributed by atoms with Crippen molar-refractivity contribution >= 4 is 17.5 Å². The number of carbonyl (C=O) groups excluding carboxylic acids is 1. The summed E-state index contributed by atoms with van der Waals surface area (Å²) in [5, 5.41) is 5.78. The van der Waals surface area contributed by atoms with Gasteiger partial charge in [0, 0.05) is 26.3 Å².